The minimum absolute atomic E-state index is 0.0733. The molecule has 18 heavy (non-hydrogen) atoms. The molecule has 2 fully saturated rings. The SMILES string of the molecule is COC(=O)C1CCC(OC[C@@H]2COCCN2)CC1. The highest BCUT2D eigenvalue weighted by molar-refractivity contribution is 5.72. The van der Waals surface area contributed by atoms with Crippen molar-refractivity contribution < 1.29 is 19.0 Å². The first-order chi connectivity index (χ1) is 8.79. The summed E-state index contributed by atoms with van der Waals surface area (Å²) in [6.07, 6.45) is 3.95. The maximum atomic E-state index is 11.4. The molecule has 0 spiro atoms. The molecule has 0 amide bonds. The van der Waals surface area contributed by atoms with Gasteiger partial charge in [0.25, 0.3) is 0 Å². The van der Waals surface area contributed by atoms with Crippen LogP contribution in [0, 0.1) is 5.92 Å². The number of ether oxygens (including phenoxy) is 3. The van der Waals surface area contributed by atoms with Gasteiger partial charge in [0, 0.05) is 6.54 Å². The molecule has 0 aromatic rings. The second-order valence-electron chi connectivity index (χ2n) is 5.06. The van der Waals surface area contributed by atoms with Crippen LogP contribution in [-0.4, -0.2) is 51.6 Å². The van der Waals surface area contributed by atoms with Crippen LogP contribution >= 0.6 is 0 Å². The number of morpholine rings is 1. The van der Waals surface area contributed by atoms with Crippen molar-refractivity contribution in [2.75, 3.05) is 33.5 Å². The van der Waals surface area contributed by atoms with Crippen LogP contribution in [0.5, 0.6) is 0 Å². The van der Waals surface area contributed by atoms with Gasteiger partial charge >= 0.3 is 5.97 Å². The molecule has 5 heteroatoms. The van der Waals surface area contributed by atoms with E-state index in [9.17, 15) is 4.79 Å². The summed E-state index contributed by atoms with van der Waals surface area (Å²) < 4.78 is 16.0. The monoisotopic (exact) mass is 257 g/mol. The molecule has 0 aromatic carbocycles. The fourth-order valence-electron chi connectivity index (χ4n) is 2.61. The van der Waals surface area contributed by atoms with E-state index in [1.807, 2.05) is 0 Å². The fourth-order valence-corrected chi connectivity index (χ4v) is 2.61. The Kier molecular flexibility index (Phi) is 5.41. The van der Waals surface area contributed by atoms with Crippen LogP contribution in [0.1, 0.15) is 25.7 Å². The smallest absolute Gasteiger partial charge is 0.308 e. The summed E-state index contributed by atoms with van der Waals surface area (Å²) in [7, 11) is 1.46. The number of esters is 1. The molecule has 1 atom stereocenters. The van der Waals surface area contributed by atoms with Gasteiger partial charge in [-0.1, -0.05) is 0 Å². The molecule has 1 saturated heterocycles. The first kappa shape index (κ1) is 13.8. The molecule has 1 aliphatic carbocycles. The second-order valence-corrected chi connectivity index (χ2v) is 5.06. The van der Waals surface area contributed by atoms with E-state index in [0.29, 0.717) is 12.6 Å². The minimum atomic E-state index is -0.0733. The average molecular weight is 257 g/mol. The maximum absolute atomic E-state index is 11.4. The molecule has 104 valence electrons. The third-order valence-corrected chi connectivity index (χ3v) is 3.74. The maximum Gasteiger partial charge on any atom is 0.308 e. The van der Waals surface area contributed by atoms with Crippen molar-refractivity contribution >= 4 is 5.97 Å². The van der Waals surface area contributed by atoms with Gasteiger partial charge in [-0.3, -0.25) is 4.79 Å². The lowest BCUT2D eigenvalue weighted by Crippen LogP contribution is -2.45. The fraction of sp³-hybridized carbons (Fsp3) is 0.923. The molecule has 2 rings (SSSR count). The molecule has 1 N–H and O–H groups in total. The van der Waals surface area contributed by atoms with Gasteiger partial charge < -0.3 is 19.5 Å². The lowest BCUT2D eigenvalue weighted by molar-refractivity contribution is -0.147. The Hall–Kier alpha value is -0.650. The lowest BCUT2D eigenvalue weighted by Gasteiger charge is -2.30. The van der Waals surface area contributed by atoms with E-state index in [2.05, 4.69) is 5.32 Å². The molecule has 5 nitrogen and oxygen atoms in total. The Labute approximate surface area is 108 Å². The molecule has 1 heterocycles. The molecule has 1 saturated carbocycles. The summed E-state index contributed by atoms with van der Waals surface area (Å²) in [6.45, 7) is 3.13. The highest BCUT2D eigenvalue weighted by atomic mass is 16.5. The lowest BCUT2D eigenvalue weighted by atomic mass is 9.87. The van der Waals surface area contributed by atoms with Gasteiger partial charge in [0.15, 0.2) is 0 Å². The summed E-state index contributed by atoms with van der Waals surface area (Å²) in [5.74, 6) is 0.00165. The van der Waals surface area contributed by atoms with Gasteiger partial charge in [-0.15, -0.1) is 0 Å². The predicted octanol–water partition coefficient (Wildman–Crippen LogP) is 0.723. The molecular weight excluding hydrogens is 234 g/mol. The number of methoxy groups -OCH3 is 1. The molecule has 2 aliphatic rings. The van der Waals surface area contributed by atoms with Crippen molar-refractivity contribution in [2.24, 2.45) is 5.92 Å². The zero-order valence-electron chi connectivity index (χ0n) is 11.0. The molecule has 0 radical (unpaired) electrons. The standard InChI is InChI=1S/C13H23NO4/c1-16-13(15)10-2-4-12(5-3-10)18-9-11-8-17-7-6-14-11/h10-12,14H,2-9H2,1H3/t10?,11-,12?/m0/s1. The highest BCUT2D eigenvalue weighted by Gasteiger charge is 2.27. The van der Waals surface area contributed by atoms with E-state index >= 15 is 0 Å². The van der Waals surface area contributed by atoms with Crippen molar-refractivity contribution in [3.8, 4) is 0 Å². The van der Waals surface area contributed by atoms with E-state index in [1.165, 1.54) is 7.11 Å². The van der Waals surface area contributed by atoms with Gasteiger partial charge in [-0.2, -0.15) is 0 Å². The van der Waals surface area contributed by atoms with Crippen LogP contribution in [0.4, 0.5) is 0 Å². The Bertz CT molecular complexity index is 258. The van der Waals surface area contributed by atoms with E-state index in [4.69, 9.17) is 14.2 Å². The van der Waals surface area contributed by atoms with E-state index in [1.54, 1.807) is 0 Å². The molecule has 0 unspecified atom stereocenters. The van der Waals surface area contributed by atoms with Crippen molar-refractivity contribution in [3.63, 3.8) is 0 Å². The number of hydrogen-bond acceptors (Lipinski definition) is 5. The summed E-state index contributed by atoms with van der Waals surface area (Å²) in [4.78, 5) is 11.4. The summed E-state index contributed by atoms with van der Waals surface area (Å²) in [6, 6.07) is 0.317. The van der Waals surface area contributed by atoms with Crippen molar-refractivity contribution in [1.29, 1.82) is 0 Å². The number of nitrogens with one attached hydrogen (secondary N) is 1. The van der Waals surface area contributed by atoms with E-state index in [0.717, 1.165) is 45.4 Å². The highest BCUT2D eigenvalue weighted by Crippen LogP contribution is 2.27. The zero-order valence-corrected chi connectivity index (χ0v) is 11.0. The summed E-state index contributed by atoms with van der Waals surface area (Å²) in [5, 5.41) is 3.37. The van der Waals surface area contributed by atoms with Crippen molar-refractivity contribution in [3.05, 3.63) is 0 Å². The number of hydrogen-bond donors (Lipinski definition) is 1. The number of carbonyl (C=O) groups is 1. The predicted molar refractivity (Wildman–Crippen MR) is 66.3 cm³/mol. The molecular formula is C13H23NO4. The van der Waals surface area contributed by atoms with Crippen LogP contribution in [0.15, 0.2) is 0 Å². The van der Waals surface area contributed by atoms with Gasteiger partial charge in [0.1, 0.15) is 0 Å². The summed E-state index contributed by atoms with van der Waals surface area (Å²) in [5.41, 5.74) is 0. The molecule has 1 aliphatic heterocycles. The van der Waals surface area contributed by atoms with Crippen LogP contribution in [0.25, 0.3) is 0 Å². The number of carbonyl (C=O) groups excluding carboxylic acids is 1. The van der Waals surface area contributed by atoms with Crippen molar-refractivity contribution in [1.82, 2.24) is 5.32 Å². The molecule has 0 bridgehead atoms. The zero-order chi connectivity index (χ0) is 12.8. The third kappa shape index (κ3) is 3.93. The first-order valence-corrected chi connectivity index (χ1v) is 6.80. The van der Waals surface area contributed by atoms with Gasteiger partial charge in [0.2, 0.25) is 0 Å². The van der Waals surface area contributed by atoms with Gasteiger partial charge in [-0.05, 0) is 25.7 Å². The van der Waals surface area contributed by atoms with E-state index < -0.39 is 0 Å². The Morgan fingerprint density at radius 2 is 2.11 bits per heavy atom. The van der Waals surface area contributed by atoms with Crippen LogP contribution in [-0.2, 0) is 19.0 Å². The summed E-state index contributed by atoms with van der Waals surface area (Å²) >= 11 is 0. The largest absolute Gasteiger partial charge is 0.469 e. The average Bonchev–Trinajstić information content (AvgIpc) is 2.46. The van der Waals surface area contributed by atoms with Gasteiger partial charge in [-0.25, -0.2) is 0 Å². The first-order valence-electron chi connectivity index (χ1n) is 6.80. The van der Waals surface area contributed by atoms with Crippen molar-refractivity contribution in [2.45, 2.75) is 37.8 Å². The Balaban J connectivity index is 1.62. The second kappa shape index (κ2) is 7.07. The molecule has 0 aromatic heterocycles. The Morgan fingerprint density at radius 3 is 2.72 bits per heavy atom. The van der Waals surface area contributed by atoms with Crippen LogP contribution in [0.3, 0.4) is 0 Å². The quantitative estimate of drug-likeness (QED) is 0.752. The Morgan fingerprint density at radius 1 is 1.33 bits per heavy atom. The number of rotatable bonds is 4. The minimum Gasteiger partial charge on any atom is -0.469 e. The normalized spacial score (nSPS) is 33.1. The third-order valence-electron chi connectivity index (χ3n) is 3.74. The van der Waals surface area contributed by atoms with Crippen LogP contribution < -0.4 is 5.32 Å². The topological polar surface area (TPSA) is 56.8 Å². The van der Waals surface area contributed by atoms with Gasteiger partial charge in [0.05, 0.1) is 45.0 Å². The van der Waals surface area contributed by atoms with Crippen LogP contribution in [0.2, 0.25) is 0 Å². The van der Waals surface area contributed by atoms with E-state index in [-0.39, 0.29) is 18.0 Å².